The first-order chi connectivity index (χ1) is 9.32. The predicted octanol–water partition coefficient (Wildman–Crippen LogP) is 1.12. The van der Waals surface area contributed by atoms with Crippen molar-refractivity contribution in [3.63, 3.8) is 0 Å². The number of urea groups is 1. The third-order valence-corrected chi connectivity index (χ3v) is 5.15. The molecule has 6 nitrogen and oxygen atoms in total. The van der Waals surface area contributed by atoms with Crippen LogP contribution in [-0.4, -0.2) is 65.2 Å². The molecule has 6 heteroatoms. The van der Waals surface area contributed by atoms with Crippen molar-refractivity contribution in [1.29, 1.82) is 0 Å². The number of rotatable bonds is 4. The molecular formula is C14H25N3O3. The lowest BCUT2D eigenvalue weighted by Crippen LogP contribution is -2.60. The smallest absolute Gasteiger partial charge is 0.329 e. The van der Waals surface area contributed by atoms with Crippen LogP contribution in [0.1, 0.15) is 39.0 Å². The molecule has 2 N–H and O–H groups in total. The molecule has 20 heavy (non-hydrogen) atoms. The number of carbonyl (C=O) groups excluding carboxylic acids is 1. The standard InChI is InChI=1S/C14H25N3O3/c1-13(11(18)19)6-5-9-17(13)12(20)15-10-14(16(2)3)7-4-8-14/h4-10H2,1-3H3,(H,15,20)(H,18,19). The van der Waals surface area contributed by atoms with Gasteiger partial charge in [-0.25, -0.2) is 9.59 Å². The maximum atomic E-state index is 12.3. The maximum Gasteiger partial charge on any atom is 0.329 e. The molecule has 0 aromatic heterocycles. The van der Waals surface area contributed by atoms with Crippen LogP contribution in [0, 0.1) is 0 Å². The van der Waals surface area contributed by atoms with Crippen LogP contribution in [0.4, 0.5) is 4.79 Å². The first-order valence-electron chi connectivity index (χ1n) is 7.28. The number of amides is 2. The van der Waals surface area contributed by atoms with E-state index in [1.807, 2.05) is 14.1 Å². The van der Waals surface area contributed by atoms with Crippen LogP contribution in [0.15, 0.2) is 0 Å². The van der Waals surface area contributed by atoms with Crippen molar-refractivity contribution in [2.45, 2.75) is 50.1 Å². The van der Waals surface area contributed by atoms with Gasteiger partial charge in [0.15, 0.2) is 0 Å². The highest BCUT2D eigenvalue weighted by Crippen LogP contribution is 2.36. The number of likely N-dealkylation sites (tertiary alicyclic amines) is 1. The Kier molecular flexibility index (Phi) is 3.95. The molecule has 1 atom stereocenters. The normalized spacial score (nSPS) is 28.3. The van der Waals surface area contributed by atoms with Crippen molar-refractivity contribution in [3.8, 4) is 0 Å². The fourth-order valence-corrected chi connectivity index (χ4v) is 3.21. The summed E-state index contributed by atoms with van der Waals surface area (Å²) < 4.78 is 0. The first-order valence-corrected chi connectivity index (χ1v) is 7.28. The minimum Gasteiger partial charge on any atom is -0.480 e. The van der Waals surface area contributed by atoms with Crippen molar-refractivity contribution in [1.82, 2.24) is 15.1 Å². The Balaban J connectivity index is 1.97. The molecule has 2 aliphatic rings. The molecule has 1 saturated carbocycles. The predicted molar refractivity (Wildman–Crippen MR) is 75.6 cm³/mol. The highest BCUT2D eigenvalue weighted by Gasteiger charge is 2.47. The van der Waals surface area contributed by atoms with E-state index >= 15 is 0 Å². The van der Waals surface area contributed by atoms with Gasteiger partial charge in [-0.1, -0.05) is 0 Å². The minimum absolute atomic E-state index is 0.0506. The maximum absolute atomic E-state index is 12.3. The van der Waals surface area contributed by atoms with Crippen LogP contribution in [0.5, 0.6) is 0 Å². The van der Waals surface area contributed by atoms with E-state index in [-0.39, 0.29) is 11.6 Å². The van der Waals surface area contributed by atoms with Crippen LogP contribution < -0.4 is 5.32 Å². The van der Waals surface area contributed by atoms with Crippen molar-refractivity contribution >= 4 is 12.0 Å². The summed E-state index contributed by atoms with van der Waals surface area (Å²) in [5.41, 5.74) is -1.01. The van der Waals surface area contributed by atoms with Crippen LogP contribution in [0.3, 0.4) is 0 Å². The summed E-state index contributed by atoms with van der Waals surface area (Å²) >= 11 is 0. The zero-order chi connectivity index (χ0) is 15.0. The molecule has 2 rings (SSSR count). The van der Waals surface area contributed by atoms with Gasteiger partial charge < -0.3 is 20.2 Å². The van der Waals surface area contributed by atoms with Crippen molar-refractivity contribution in [3.05, 3.63) is 0 Å². The van der Waals surface area contributed by atoms with Crippen molar-refractivity contribution in [2.24, 2.45) is 0 Å². The van der Waals surface area contributed by atoms with Gasteiger partial charge in [-0.15, -0.1) is 0 Å². The second-order valence-electron chi connectivity index (χ2n) is 6.47. The summed E-state index contributed by atoms with van der Waals surface area (Å²) in [5, 5.41) is 12.3. The van der Waals surface area contributed by atoms with E-state index < -0.39 is 11.5 Å². The monoisotopic (exact) mass is 283 g/mol. The molecule has 2 fully saturated rings. The van der Waals surface area contributed by atoms with Gasteiger partial charge >= 0.3 is 12.0 Å². The highest BCUT2D eigenvalue weighted by atomic mass is 16.4. The summed E-state index contributed by atoms with van der Waals surface area (Å²) in [4.78, 5) is 27.3. The summed E-state index contributed by atoms with van der Waals surface area (Å²) in [6.45, 7) is 2.74. The molecule has 2 amide bonds. The van der Waals surface area contributed by atoms with E-state index in [0.717, 1.165) is 19.3 Å². The Morgan fingerprint density at radius 2 is 1.90 bits per heavy atom. The molecule has 0 bridgehead atoms. The number of carbonyl (C=O) groups is 2. The van der Waals surface area contributed by atoms with Gasteiger partial charge in [0.05, 0.1) is 0 Å². The number of hydrogen-bond donors (Lipinski definition) is 2. The number of carboxylic acids is 1. The lowest BCUT2D eigenvalue weighted by Gasteiger charge is -2.47. The molecule has 0 spiro atoms. The van der Waals surface area contributed by atoms with E-state index in [1.165, 1.54) is 11.3 Å². The molecule has 1 aliphatic heterocycles. The van der Waals surface area contributed by atoms with E-state index in [1.54, 1.807) is 6.92 Å². The number of nitrogens with zero attached hydrogens (tertiary/aromatic N) is 2. The highest BCUT2D eigenvalue weighted by molar-refractivity contribution is 5.86. The van der Waals surface area contributed by atoms with Gasteiger partial charge in [0.2, 0.25) is 0 Å². The van der Waals surface area contributed by atoms with Gasteiger partial charge in [0.25, 0.3) is 0 Å². The van der Waals surface area contributed by atoms with E-state index in [2.05, 4.69) is 10.2 Å². The average molecular weight is 283 g/mol. The minimum atomic E-state index is -1.06. The number of likely N-dealkylation sites (N-methyl/N-ethyl adjacent to an activating group) is 1. The third kappa shape index (κ3) is 2.37. The number of hydrogen-bond acceptors (Lipinski definition) is 3. The van der Waals surface area contributed by atoms with E-state index in [0.29, 0.717) is 19.5 Å². The molecule has 1 heterocycles. The molecule has 1 aliphatic carbocycles. The SMILES string of the molecule is CN(C)C1(CNC(=O)N2CCCC2(C)C(=O)O)CCC1. The van der Waals surface area contributed by atoms with Gasteiger partial charge in [-0.3, -0.25) is 0 Å². The molecule has 1 saturated heterocycles. The lowest BCUT2D eigenvalue weighted by molar-refractivity contribution is -0.147. The second-order valence-corrected chi connectivity index (χ2v) is 6.47. The topological polar surface area (TPSA) is 72.9 Å². The number of carboxylic acid groups (broad SMARTS) is 1. The van der Waals surface area contributed by atoms with Crippen LogP contribution in [0.2, 0.25) is 0 Å². The Morgan fingerprint density at radius 3 is 2.35 bits per heavy atom. The van der Waals surface area contributed by atoms with Crippen LogP contribution in [-0.2, 0) is 4.79 Å². The third-order valence-electron chi connectivity index (χ3n) is 5.15. The average Bonchev–Trinajstić information content (AvgIpc) is 2.70. The van der Waals surface area contributed by atoms with Crippen LogP contribution in [0.25, 0.3) is 0 Å². The Morgan fingerprint density at radius 1 is 1.25 bits per heavy atom. The summed E-state index contributed by atoms with van der Waals surface area (Å²) in [6, 6.07) is -0.250. The van der Waals surface area contributed by atoms with Crippen molar-refractivity contribution in [2.75, 3.05) is 27.2 Å². The number of nitrogens with one attached hydrogen (secondary N) is 1. The zero-order valence-electron chi connectivity index (χ0n) is 12.6. The Hall–Kier alpha value is -1.30. The second kappa shape index (κ2) is 5.24. The van der Waals surface area contributed by atoms with Gasteiger partial charge in [0.1, 0.15) is 5.54 Å². The summed E-state index contributed by atoms with van der Waals surface area (Å²) in [6.07, 6.45) is 4.61. The summed E-state index contributed by atoms with van der Waals surface area (Å²) in [5.74, 6) is -0.920. The molecule has 0 radical (unpaired) electrons. The fourth-order valence-electron chi connectivity index (χ4n) is 3.21. The fraction of sp³-hybridized carbons (Fsp3) is 0.857. The van der Waals surface area contributed by atoms with Gasteiger partial charge in [-0.05, 0) is 53.1 Å². The van der Waals surface area contributed by atoms with Gasteiger partial charge in [0, 0.05) is 18.6 Å². The quantitative estimate of drug-likeness (QED) is 0.811. The van der Waals surface area contributed by atoms with Gasteiger partial charge in [-0.2, -0.15) is 0 Å². The molecule has 0 aromatic carbocycles. The first kappa shape index (κ1) is 15.1. The Bertz CT molecular complexity index is 406. The lowest BCUT2D eigenvalue weighted by atomic mass is 9.75. The zero-order valence-corrected chi connectivity index (χ0v) is 12.6. The van der Waals surface area contributed by atoms with E-state index in [4.69, 9.17) is 0 Å². The molecule has 0 aromatic rings. The molecular weight excluding hydrogens is 258 g/mol. The largest absolute Gasteiger partial charge is 0.480 e. The van der Waals surface area contributed by atoms with Crippen LogP contribution >= 0.6 is 0 Å². The molecule has 1 unspecified atom stereocenters. The van der Waals surface area contributed by atoms with E-state index in [9.17, 15) is 14.7 Å². The number of aliphatic carboxylic acids is 1. The Labute approximate surface area is 120 Å². The molecule has 114 valence electrons. The van der Waals surface area contributed by atoms with Crippen molar-refractivity contribution < 1.29 is 14.7 Å². The summed E-state index contributed by atoms with van der Waals surface area (Å²) in [7, 11) is 4.06.